The van der Waals surface area contributed by atoms with Crippen LogP contribution >= 0.6 is 0 Å². The Balaban J connectivity index is 2.21. The van der Waals surface area contributed by atoms with Crippen LogP contribution in [0.15, 0.2) is 18.2 Å². The van der Waals surface area contributed by atoms with Crippen molar-refractivity contribution in [3.8, 4) is 0 Å². The summed E-state index contributed by atoms with van der Waals surface area (Å²) in [6, 6.07) is 6.81. The Kier molecular flexibility index (Phi) is 3.20. The summed E-state index contributed by atoms with van der Waals surface area (Å²) in [5.74, 6) is 0. The summed E-state index contributed by atoms with van der Waals surface area (Å²) < 4.78 is 0. The summed E-state index contributed by atoms with van der Waals surface area (Å²) in [5.41, 5.74) is 4.82. The highest BCUT2D eigenvalue weighted by molar-refractivity contribution is 5.37. The molecular weight excluding hydrogens is 170 g/mol. The van der Waals surface area contributed by atoms with Crippen molar-refractivity contribution < 1.29 is 0 Å². The Labute approximate surface area is 86.5 Å². The first-order valence-corrected chi connectivity index (χ1v) is 5.66. The highest BCUT2D eigenvalue weighted by atomic mass is 14.8. The van der Waals surface area contributed by atoms with Crippen LogP contribution in [0.5, 0.6) is 0 Å². The average Bonchev–Trinajstić information content (AvgIpc) is 2.26. The summed E-state index contributed by atoms with van der Waals surface area (Å²) >= 11 is 0. The number of hydrogen-bond donors (Lipinski definition) is 1. The molecule has 14 heavy (non-hydrogen) atoms. The molecule has 0 amide bonds. The van der Waals surface area contributed by atoms with E-state index in [9.17, 15) is 0 Å². The normalized spacial score (nSPS) is 15.2. The van der Waals surface area contributed by atoms with Crippen molar-refractivity contribution in [2.45, 2.75) is 32.1 Å². The fraction of sp³-hybridized carbons (Fsp3) is 0.538. The molecule has 0 spiro atoms. The van der Waals surface area contributed by atoms with Gasteiger partial charge in [0.25, 0.3) is 0 Å². The van der Waals surface area contributed by atoms with E-state index in [1.807, 2.05) is 7.05 Å². The van der Waals surface area contributed by atoms with Gasteiger partial charge in [-0.15, -0.1) is 0 Å². The number of likely N-dealkylation sites (N-methyl/N-ethyl adjacent to an activating group) is 1. The van der Waals surface area contributed by atoms with Gasteiger partial charge in [0.1, 0.15) is 0 Å². The van der Waals surface area contributed by atoms with E-state index in [0.717, 1.165) is 6.54 Å². The van der Waals surface area contributed by atoms with E-state index in [1.165, 1.54) is 32.1 Å². The van der Waals surface area contributed by atoms with Crippen LogP contribution in [0.25, 0.3) is 0 Å². The predicted octanol–water partition coefficient (Wildman–Crippen LogP) is 2.33. The smallest absolute Gasteiger partial charge is 0.00113 e. The average molecular weight is 189 g/mol. The lowest BCUT2D eigenvalue weighted by molar-refractivity contribution is 0.673. The van der Waals surface area contributed by atoms with Crippen molar-refractivity contribution in [2.24, 2.45) is 0 Å². The zero-order valence-electron chi connectivity index (χ0n) is 8.97. The number of aryl methyl sites for hydroxylation is 1. The highest BCUT2D eigenvalue weighted by Gasteiger charge is 2.11. The Morgan fingerprint density at radius 2 is 2.07 bits per heavy atom. The molecule has 2 rings (SSSR count). The molecule has 0 fully saturated rings. The lowest BCUT2D eigenvalue weighted by Gasteiger charge is -2.19. The maximum absolute atomic E-state index is 3.22. The first-order chi connectivity index (χ1) is 6.92. The van der Waals surface area contributed by atoms with Crippen molar-refractivity contribution in [3.05, 3.63) is 34.9 Å². The van der Waals surface area contributed by atoms with E-state index >= 15 is 0 Å². The summed E-state index contributed by atoms with van der Waals surface area (Å²) in [6.07, 6.45) is 6.53. The zero-order chi connectivity index (χ0) is 9.80. The van der Waals surface area contributed by atoms with E-state index in [0.29, 0.717) is 0 Å². The van der Waals surface area contributed by atoms with Crippen LogP contribution in [0.2, 0.25) is 0 Å². The minimum absolute atomic E-state index is 1.09. The fourth-order valence-corrected chi connectivity index (χ4v) is 2.35. The highest BCUT2D eigenvalue weighted by Crippen LogP contribution is 2.24. The summed E-state index contributed by atoms with van der Waals surface area (Å²) in [7, 11) is 2.02. The molecule has 76 valence electrons. The summed E-state index contributed by atoms with van der Waals surface area (Å²) in [5, 5.41) is 3.22. The third-order valence-corrected chi connectivity index (χ3v) is 3.14. The van der Waals surface area contributed by atoms with E-state index in [2.05, 4.69) is 23.5 Å². The molecule has 0 saturated carbocycles. The van der Waals surface area contributed by atoms with Gasteiger partial charge in [0.05, 0.1) is 0 Å². The molecule has 1 nitrogen and oxygen atoms in total. The van der Waals surface area contributed by atoms with Crippen molar-refractivity contribution in [3.63, 3.8) is 0 Å². The van der Waals surface area contributed by atoms with Gasteiger partial charge in [-0.2, -0.15) is 0 Å². The lowest BCUT2D eigenvalue weighted by Crippen LogP contribution is -2.13. The van der Waals surface area contributed by atoms with Crippen molar-refractivity contribution >= 4 is 0 Å². The maximum atomic E-state index is 3.22. The van der Waals surface area contributed by atoms with Gasteiger partial charge in [-0.05, 0) is 62.4 Å². The SMILES string of the molecule is CNCCc1cccc2c1CCCC2. The standard InChI is InChI=1S/C13H19N/c1-14-10-9-12-7-4-6-11-5-2-3-8-13(11)12/h4,6-7,14H,2-3,5,8-10H2,1H3. The Morgan fingerprint density at radius 3 is 2.93 bits per heavy atom. The second-order valence-corrected chi connectivity index (χ2v) is 4.12. The van der Waals surface area contributed by atoms with Crippen LogP contribution < -0.4 is 5.32 Å². The van der Waals surface area contributed by atoms with Crippen LogP contribution in [0, 0.1) is 0 Å². The van der Waals surface area contributed by atoms with E-state index < -0.39 is 0 Å². The van der Waals surface area contributed by atoms with Gasteiger partial charge in [-0.1, -0.05) is 18.2 Å². The van der Waals surface area contributed by atoms with Gasteiger partial charge in [0.2, 0.25) is 0 Å². The first kappa shape index (κ1) is 9.72. The van der Waals surface area contributed by atoms with Gasteiger partial charge in [-0.3, -0.25) is 0 Å². The lowest BCUT2D eigenvalue weighted by atomic mass is 9.87. The molecule has 0 radical (unpaired) electrons. The Bertz CT molecular complexity index is 304. The molecule has 1 heteroatoms. The minimum atomic E-state index is 1.09. The molecule has 0 aromatic heterocycles. The molecule has 1 N–H and O–H groups in total. The monoisotopic (exact) mass is 189 g/mol. The van der Waals surface area contributed by atoms with Crippen molar-refractivity contribution in [1.82, 2.24) is 5.32 Å². The third-order valence-electron chi connectivity index (χ3n) is 3.14. The zero-order valence-corrected chi connectivity index (χ0v) is 8.97. The topological polar surface area (TPSA) is 12.0 Å². The second-order valence-electron chi connectivity index (χ2n) is 4.12. The first-order valence-electron chi connectivity index (χ1n) is 5.66. The van der Waals surface area contributed by atoms with Gasteiger partial charge < -0.3 is 5.32 Å². The van der Waals surface area contributed by atoms with Crippen LogP contribution in [0.1, 0.15) is 29.5 Å². The second kappa shape index (κ2) is 4.61. The number of rotatable bonds is 3. The molecule has 0 bridgehead atoms. The molecule has 0 heterocycles. The molecule has 0 atom stereocenters. The fourth-order valence-electron chi connectivity index (χ4n) is 2.35. The van der Waals surface area contributed by atoms with Crippen molar-refractivity contribution in [1.29, 1.82) is 0 Å². The number of fused-ring (bicyclic) bond motifs is 1. The largest absolute Gasteiger partial charge is 0.319 e. The summed E-state index contributed by atoms with van der Waals surface area (Å²) in [4.78, 5) is 0. The summed E-state index contributed by atoms with van der Waals surface area (Å²) in [6.45, 7) is 1.09. The van der Waals surface area contributed by atoms with E-state index in [1.54, 1.807) is 16.7 Å². The predicted molar refractivity (Wildman–Crippen MR) is 60.7 cm³/mol. The quantitative estimate of drug-likeness (QED) is 0.769. The van der Waals surface area contributed by atoms with Crippen LogP contribution in [0.3, 0.4) is 0 Å². The van der Waals surface area contributed by atoms with Gasteiger partial charge >= 0.3 is 0 Å². The molecule has 1 aromatic rings. The van der Waals surface area contributed by atoms with E-state index in [-0.39, 0.29) is 0 Å². The molecule has 0 saturated heterocycles. The molecule has 1 aliphatic carbocycles. The molecule has 1 aliphatic rings. The van der Waals surface area contributed by atoms with Crippen molar-refractivity contribution in [2.75, 3.05) is 13.6 Å². The van der Waals surface area contributed by atoms with Gasteiger partial charge in [-0.25, -0.2) is 0 Å². The minimum Gasteiger partial charge on any atom is -0.319 e. The molecular formula is C13H19N. The third kappa shape index (κ3) is 1.98. The maximum Gasteiger partial charge on any atom is -0.00113 e. The van der Waals surface area contributed by atoms with Gasteiger partial charge in [0.15, 0.2) is 0 Å². The Hall–Kier alpha value is -0.820. The van der Waals surface area contributed by atoms with Crippen LogP contribution in [-0.4, -0.2) is 13.6 Å². The molecule has 0 aliphatic heterocycles. The van der Waals surface area contributed by atoms with Gasteiger partial charge in [0, 0.05) is 0 Å². The number of hydrogen-bond acceptors (Lipinski definition) is 1. The molecule has 0 unspecified atom stereocenters. The number of nitrogens with one attached hydrogen (secondary N) is 1. The number of benzene rings is 1. The van der Waals surface area contributed by atoms with Crippen LogP contribution in [0.4, 0.5) is 0 Å². The molecule has 1 aromatic carbocycles. The Morgan fingerprint density at radius 1 is 1.21 bits per heavy atom. The van der Waals surface area contributed by atoms with Crippen LogP contribution in [-0.2, 0) is 19.3 Å². The van der Waals surface area contributed by atoms with E-state index in [4.69, 9.17) is 0 Å².